The van der Waals surface area contributed by atoms with Crippen molar-refractivity contribution in [1.29, 1.82) is 0 Å². The summed E-state index contributed by atoms with van der Waals surface area (Å²) in [5.74, 6) is 0. The van der Waals surface area contributed by atoms with Gasteiger partial charge in [0.25, 0.3) is 0 Å². The maximum atomic E-state index is 4.71. The highest BCUT2D eigenvalue weighted by atomic mass is 14.4. The van der Waals surface area contributed by atoms with Crippen LogP contribution in [0, 0.1) is 0 Å². The molecule has 0 atom stereocenters. The van der Waals surface area contributed by atoms with E-state index in [9.17, 15) is 0 Å². The molecule has 1 aliphatic carbocycles. The van der Waals surface area contributed by atoms with E-state index in [-0.39, 0.29) is 0 Å². The number of hydrogen-bond acceptors (Lipinski definition) is 0. The molecular weight excluding hydrogens is 432 g/mol. The first-order valence-corrected chi connectivity index (χ1v) is 12.8. The van der Waals surface area contributed by atoms with E-state index in [1.165, 1.54) is 39.0 Å². The van der Waals surface area contributed by atoms with Gasteiger partial charge < -0.3 is 0 Å². The molecule has 0 saturated heterocycles. The van der Waals surface area contributed by atoms with E-state index in [1.54, 1.807) is 0 Å². The van der Waals surface area contributed by atoms with E-state index in [1.807, 2.05) is 6.08 Å². The molecule has 0 heteroatoms. The normalized spacial score (nSPS) is 13.3. The predicted molar refractivity (Wildman–Crippen MR) is 157 cm³/mol. The minimum Gasteiger partial charge on any atom is -0.103 e. The molecule has 4 rings (SSSR count). The Bertz CT molecular complexity index is 1280. The average Bonchev–Trinajstić information content (AvgIpc) is 2.90. The van der Waals surface area contributed by atoms with Gasteiger partial charge in [-0.25, -0.2) is 0 Å². The quantitative estimate of drug-likeness (QED) is 0.167. The summed E-state index contributed by atoms with van der Waals surface area (Å²) < 4.78 is 0. The molecule has 0 bridgehead atoms. The minimum atomic E-state index is -0.536. The van der Waals surface area contributed by atoms with Gasteiger partial charge in [-0.15, -0.1) is 6.58 Å². The maximum absolute atomic E-state index is 4.71. The van der Waals surface area contributed by atoms with Gasteiger partial charge in [0, 0.05) is 0 Å². The summed E-state index contributed by atoms with van der Waals surface area (Å²) in [6.07, 6.45) is 18.5. The molecule has 3 aromatic rings. The smallest absolute Gasteiger partial charge is 0.0698 e. The highest BCUT2D eigenvalue weighted by Gasteiger charge is 2.39. The predicted octanol–water partition coefficient (Wildman–Crippen LogP) is 9.56. The SMILES string of the molecule is C=CCc1ccc(/C=C/C2=CCCC=C2)cc1C(C(=C)C=C(C)C)(c1ccccc1)c1ccccc1. The second kappa shape index (κ2) is 11.7. The molecule has 0 aliphatic heterocycles. The van der Waals surface area contributed by atoms with Gasteiger partial charge in [0.1, 0.15) is 0 Å². The van der Waals surface area contributed by atoms with Crippen LogP contribution in [0.5, 0.6) is 0 Å². The van der Waals surface area contributed by atoms with Crippen molar-refractivity contribution < 1.29 is 0 Å². The Morgan fingerprint density at radius 2 is 1.53 bits per heavy atom. The van der Waals surface area contributed by atoms with Gasteiger partial charge in [-0.3, -0.25) is 0 Å². The van der Waals surface area contributed by atoms with Crippen LogP contribution in [-0.4, -0.2) is 0 Å². The number of benzene rings is 3. The van der Waals surface area contributed by atoms with Gasteiger partial charge in [0.15, 0.2) is 0 Å². The average molecular weight is 469 g/mol. The van der Waals surface area contributed by atoms with Crippen LogP contribution in [0.4, 0.5) is 0 Å². The highest BCUT2D eigenvalue weighted by molar-refractivity contribution is 5.66. The van der Waals surface area contributed by atoms with Crippen molar-refractivity contribution in [1.82, 2.24) is 0 Å². The fourth-order valence-electron chi connectivity index (χ4n) is 5.18. The summed E-state index contributed by atoms with van der Waals surface area (Å²) in [5.41, 5.74) is 9.13. The van der Waals surface area contributed by atoms with E-state index in [4.69, 9.17) is 6.58 Å². The molecule has 3 aromatic carbocycles. The monoisotopic (exact) mass is 468 g/mol. The highest BCUT2D eigenvalue weighted by Crippen LogP contribution is 2.47. The Morgan fingerprint density at radius 3 is 2.08 bits per heavy atom. The summed E-state index contributed by atoms with van der Waals surface area (Å²) in [5, 5.41) is 0. The Hall–Kier alpha value is -3.90. The molecule has 0 aromatic heterocycles. The largest absolute Gasteiger partial charge is 0.103 e. The summed E-state index contributed by atoms with van der Waals surface area (Å²) >= 11 is 0. The minimum absolute atomic E-state index is 0.536. The molecule has 0 nitrogen and oxygen atoms in total. The summed E-state index contributed by atoms with van der Waals surface area (Å²) in [7, 11) is 0. The topological polar surface area (TPSA) is 0 Å². The van der Waals surface area contributed by atoms with Crippen LogP contribution in [-0.2, 0) is 11.8 Å². The van der Waals surface area contributed by atoms with Gasteiger partial charge in [-0.1, -0.05) is 127 Å². The van der Waals surface area contributed by atoms with Crippen LogP contribution in [0.25, 0.3) is 6.08 Å². The van der Waals surface area contributed by atoms with Gasteiger partial charge in [0.05, 0.1) is 5.41 Å². The second-order valence-corrected chi connectivity index (χ2v) is 9.66. The van der Waals surface area contributed by atoms with E-state index in [0.29, 0.717) is 0 Å². The third kappa shape index (κ3) is 5.34. The molecular formula is C36H36. The van der Waals surface area contributed by atoms with Crippen molar-refractivity contribution in [2.45, 2.75) is 38.5 Å². The standard InChI is InChI=1S/C36H36/c1-5-15-32-25-24-31(23-22-30-16-9-6-10-17-30)27-35(32)36(29(4)26-28(2)3,33-18-11-7-12-19-33)34-20-13-8-14-21-34/h5,7-9,11-14,16-27H,1,4,6,10,15H2,2-3H3/b23-22+. The van der Waals surface area contributed by atoms with Crippen molar-refractivity contribution in [2.75, 3.05) is 0 Å². The van der Waals surface area contributed by atoms with Crippen molar-refractivity contribution in [3.8, 4) is 0 Å². The van der Waals surface area contributed by atoms with Crippen molar-refractivity contribution in [2.24, 2.45) is 0 Å². The maximum Gasteiger partial charge on any atom is 0.0698 e. The molecule has 0 heterocycles. The number of hydrogen-bond donors (Lipinski definition) is 0. The first-order valence-electron chi connectivity index (χ1n) is 12.8. The molecule has 0 saturated carbocycles. The van der Waals surface area contributed by atoms with E-state index >= 15 is 0 Å². The third-order valence-electron chi connectivity index (χ3n) is 6.75. The molecule has 1 aliphatic rings. The fourth-order valence-corrected chi connectivity index (χ4v) is 5.18. The molecule has 0 unspecified atom stereocenters. The number of allylic oxidation sites excluding steroid dienone is 9. The van der Waals surface area contributed by atoms with E-state index < -0.39 is 5.41 Å². The van der Waals surface area contributed by atoms with E-state index in [0.717, 1.165) is 24.8 Å². The van der Waals surface area contributed by atoms with E-state index in [2.05, 4.69) is 136 Å². The zero-order chi connectivity index (χ0) is 25.4. The van der Waals surface area contributed by atoms with Crippen LogP contribution < -0.4 is 0 Å². The molecule has 0 radical (unpaired) electrons. The fraction of sp³-hybridized carbons (Fsp3) is 0.167. The van der Waals surface area contributed by atoms with Crippen LogP contribution >= 0.6 is 0 Å². The molecule has 0 fully saturated rings. The first-order chi connectivity index (χ1) is 17.6. The lowest BCUT2D eigenvalue weighted by Crippen LogP contribution is -2.32. The van der Waals surface area contributed by atoms with Gasteiger partial charge in [0.2, 0.25) is 0 Å². The van der Waals surface area contributed by atoms with Crippen LogP contribution in [0.1, 0.15) is 54.5 Å². The Balaban J connectivity index is 2.03. The van der Waals surface area contributed by atoms with Crippen molar-refractivity contribution in [3.05, 3.63) is 173 Å². The lowest BCUT2D eigenvalue weighted by molar-refractivity contribution is 0.735. The second-order valence-electron chi connectivity index (χ2n) is 9.66. The van der Waals surface area contributed by atoms with Crippen LogP contribution in [0.3, 0.4) is 0 Å². The Labute approximate surface area is 217 Å². The van der Waals surface area contributed by atoms with Gasteiger partial charge in [-0.05, 0) is 78.1 Å². The van der Waals surface area contributed by atoms with Crippen molar-refractivity contribution >= 4 is 6.08 Å². The van der Waals surface area contributed by atoms with Crippen LogP contribution in [0.2, 0.25) is 0 Å². The zero-order valence-electron chi connectivity index (χ0n) is 21.6. The van der Waals surface area contributed by atoms with Gasteiger partial charge >= 0.3 is 0 Å². The Morgan fingerprint density at radius 1 is 0.861 bits per heavy atom. The number of rotatable bonds is 9. The lowest BCUT2D eigenvalue weighted by Gasteiger charge is -2.39. The molecule has 0 amide bonds. The van der Waals surface area contributed by atoms with Gasteiger partial charge in [-0.2, -0.15) is 0 Å². The zero-order valence-corrected chi connectivity index (χ0v) is 21.6. The van der Waals surface area contributed by atoms with Crippen LogP contribution in [0.15, 0.2) is 145 Å². The van der Waals surface area contributed by atoms with Crippen molar-refractivity contribution in [3.63, 3.8) is 0 Å². The first kappa shape index (κ1) is 25.2. The molecule has 0 N–H and O–H groups in total. The Kier molecular flexibility index (Phi) is 8.18. The lowest BCUT2D eigenvalue weighted by atomic mass is 9.63. The third-order valence-corrected chi connectivity index (χ3v) is 6.75. The molecule has 180 valence electrons. The summed E-state index contributed by atoms with van der Waals surface area (Å²) in [6, 6.07) is 28.4. The molecule has 36 heavy (non-hydrogen) atoms. The summed E-state index contributed by atoms with van der Waals surface area (Å²) in [4.78, 5) is 0. The molecule has 0 spiro atoms. The summed E-state index contributed by atoms with van der Waals surface area (Å²) in [6.45, 7) is 13.1.